The van der Waals surface area contributed by atoms with Crippen molar-refractivity contribution in [3.8, 4) is 0 Å². The highest BCUT2D eigenvalue weighted by molar-refractivity contribution is 5.90. The van der Waals surface area contributed by atoms with Crippen LogP contribution in [0, 0.1) is 5.92 Å². The fraction of sp³-hybridized carbons (Fsp3) is 0.500. The second-order valence-electron chi connectivity index (χ2n) is 4.54. The van der Waals surface area contributed by atoms with E-state index < -0.39 is 11.9 Å². The predicted octanol–water partition coefficient (Wildman–Crippen LogP) is 2.04. The molecule has 1 amide bonds. The van der Waals surface area contributed by atoms with Crippen LogP contribution in [0.15, 0.2) is 18.3 Å². The summed E-state index contributed by atoms with van der Waals surface area (Å²) in [6, 6.07) is 2.06. The summed E-state index contributed by atoms with van der Waals surface area (Å²) in [5, 5.41) is 5.70. The lowest BCUT2D eigenvalue weighted by atomic mass is 10.0. The predicted molar refractivity (Wildman–Crippen MR) is 63.5 cm³/mol. The van der Waals surface area contributed by atoms with E-state index in [2.05, 4.69) is 15.6 Å². The zero-order chi connectivity index (χ0) is 13.9. The molecule has 2 heterocycles. The molecule has 0 spiro atoms. The first-order valence-corrected chi connectivity index (χ1v) is 5.99. The summed E-state index contributed by atoms with van der Waals surface area (Å²) in [6.45, 7) is 1.71. The molecule has 19 heavy (non-hydrogen) atoms. The van der Waals surface area contributed by atoms with Crippen molar-refractivity contribution in [2.24, 2.45) is 5.92 Å². The summed E-state index contributed by atoms with van der Waals surface area (Å²) in [6.07, 6.45) is -2.13. The number of alkyl halides is 3. The summed E-state index contributed by atoms with van der Waals surface area (Å²) in [5.41, 5.74) is -0.686. The van der Waals surface area contributed by atoms with E-state index in [0.717, 1.165) is 31.8 Å². The molecule has 4 nitrogen and oxygen atoms in total. The first-order chi connectivity index (χ1) is 8.95. The van der Waals surface area contributed by atoms with E-state index in [0.29, 0.717) is 12.3 Å². The highest BCUT2D eigenvalue weighted by atomic mass is 19.4. The molecule has 2 N–H and O–H groups in total. The topological polar surface area (TPSA) is 54.0 Å². The zero-order valence-electron chi connectivity index (χ0n) is 10.1. The van der Waals surface area contributed by atoms with Gasteiger partial charge in [-0.25, -0.2) is 4.98 Å². The molecule has 0 saturated carbocycles. The molecule has 1 saturated heterocycles. The van der Waals surface area contributed by atoms with Gasteiger partial charge in [-0.1, -0.05) is 0 Å². The number of carbonyl (C=O) groups excluding carboxylic acids is 1. The van der Waals surface area contributed by atoms with E-state index in [1.54, 1.807) is 0 Å². The van der Waals surface area contributed by atoms with E-state index in [-0.39, 0.29) is 11.6 Å². The van der Waals surface area contributed by atoms with E-state index in [1.165, 1.54) is 6.07 Å². The van der Waals surface area contributed by atoms with Gasteiger partial charge in [0.15, 0.2) is 0 Å². The number of carbonyl (C=O) groups is 1. The van der Waals surface area contributed by atoms with Gasteiger partial charge >= 0.3 is 6.18 Å². The molecule has 0 aromatic carbocycles. The van der Waals surface area contributed by atoms with Crippen LogP contribution in [0.1, 0.15) is 18.5 Å². The lowest BCUT2D eigenvalue weighted by molar-refractivity contribution is -0.141. The normalized spacial score (nSPS) is 19.4. The fourth-order valence-electron chi connectivity index (χ4n) is 2.00. The van der Waals surface area contributed by atoms with Crippen molar-refractivity contribution in [2.45, 2.75) is 19.0 Å². The first kappa shape index (κ1) is 13.8. The number of nitrogens with zero attached hydrogens (tertiary/aromatic N) is 1. The SMILES string of the molecule is O=C(CC1CCNC1)Nc1ccc(C(F)(F)F)nc1. The zero-order valence-corrected chi connectivity index (χ0v) is 10.1. The van der Waals surface area contributed by atoms with Crippen LogP contribution in [0.2, 0.25) is 0 Å². The Balaban J connectivity index is 1.90. The van der Waals surface area contributed by atoms with Crippen LogP contribution in [-0.4, -0.2) is 24.0 Å². The second-order valence-corrected chi connectivity index (χ2v) is 4.54. The van der Waals surface area contributed by atoms with Crippen molar-refractivity contribution < 1.29 is 18.0 Å². The Morgan fingerprint density at radius 2 is 2.26 bits per heavy atom. The molecule has 0 aliphatic carbocycles. The van der Waals surface area contributed by atoms with Crippen molar-refractivity contribution in [1.82, 2.24) is 10.3 Å². The van der Waals surface area contributed by atoms with Crippen molar-refractivity contribution in [1.29, 1.82) is 0 Å². The van der Waals surface area contributed by atoms with Crippen LogP contribution in [0.5, 0.6) is 0 Å². The Bertz CT molecular complexity index is 439. The minimum absolute atomic E-state index is 0.199. The molecule has 1 aromatic heterocycles. The van der Waals surface area contributed by atoms with E-state index in [4.69, 9.17) is 0 Å². The average Bonchev–Trinajstić information content (AvgIpc) is 2.81. The molecular weight excluding hydrogens is 259 g/mol. The Morgan fingerprint density at radius 3 is 2.79 bits per heavy atom. The molecule has 2 rings (SSSR count). The first-order valence-electron chi connectivity index (χ1n) is 5.99. The fourth-order valence-corrected chi connectivity index (χ4v) is 2.00. The third-order valence-corrected chi connectivity index (χ3v) is 2.97. The number of hydrogen-bond acceptors (Lipinski definition) is 3. The quantitative estimate of drug-likeness (QED) is 0.886. The molecule has 0 radical (unpaired) electrons. The van der Waals surface area contributed by atoms with Crippen LogP contribution in [0.4, 0.5) is 18.9 Å². The molecule has 1 atom stereocenters. The smallest absolute Gasteiger partial charge is 0.325 e. The highest BCUT2D eigenvalue weighted by Crippen LogP contribution is 2.27. The molecular formula is C12H14F3N3O. The summed E-state index contributed by atoms with van der Waals surface area (Å²) in [4.78, 5) is 14.9. The van der Waals surface area contributed by atoms with Gasteiger partial charge in [-0.3, -0.25) is 4.79 Å². The van der Waals surface area contributed by atoms with Gasteiger partial charge in [-0.15, -0.1) is 0 Å². The Hall–Kier alpha value is -1.63. The third-order valence-electron chi connectivity index (χ3n) is 2.97. The number of amides is 1. The number of hydrogen-bond donors (Lipinski definition) is 2. The largest absolute Gasteiger partial charge is 0.433 e. The highest BCUT2D eigenvalue weighted by Gasteiger charge is 2.32. The second kappa shape index (κ2) is 5.56. The molecule has 1 fully saturated rings. The number of rotatable bonds is 3. The Labute approximate surface area is 108 Å². The van der Waals surface area contributed by atoms with Gasteiger partial charge in [-0.05, 0) is 37.6 Å². The van der Waals surface area contributed by atoms with Crippen molar-refractivity contribution in [2.75, 3.05) is 18.4 Å². The van der Waals surface area contributed by atoms with E-state index in [1.807, 2.05) is 0 Å². The molecule has 1 unspecified atom stereocenters. The number of aromatic nitrogens is 1. The number of nitrogens with one attached hydrogen (secondary N) is 2. The van der Waals surface area contributed by atoms with Crippen molar-refractivity contribution in [3.63, 3.8) is 0 Å². The van der Waals surface area contributed by atoms with Gasteiger partial charge in [0.25, 0.3) is 0 Å². The van der Waals surface area contributed by atoms with Crippen LogP contribution in [0.3, 0.4) is 0 Å². The van der Waals surface area contributed by atoms with Gasteiger partial charge in [0.05, 0.1) is 11.9 Å². The minimum Gasteiger partial charge on any atom is -0.325 e. The van der Waals surface area contributed by atoms with E-state index >= 15 is 0 Å². The number of anilines is 1. The Morgan fingerprint density at radius 1 is 1.47 bits per heavy atom. The van der Waals surface area contributed by atoms with Gasteiger partial charge < -0.3 is 10.6 Å². The van der Waals surface area contributed by atoms with Crippen molar-refractivity contribution >= 4 is 11.6 Å². The van der Waals surface area contributed by atoms with Gasteiger partial charge in [0.1, 0.15) is 5.69 Å². The van der Waals surface area contributed by atoms with Crippen molar-refractivity contribution in [3.05, 3.63) is 24.0 Å². The molecule has 1 aliphatic rings. The summed E-state index contributed by atoms with van der Waals surface area (Å²) in [5.74, 6) is 0.0951. The van der Waals surface area contributed by atoms with Gasteiger partial charge in [0, 0.05) is 6.42 Å². The van der Waals surface area contributed by atoms with Gasteiger partial charge in [0.2, 0.25) is 5.91 Å². The summed E-state index contributed by atoms with van der Waals surface area (Å²) in [7, 11) is 0. The summed E-state index contributed by atoms with van der Waals surface area (Å²) >= 11 is 0. The number of pyridine rings is 1. The maximum atomic E-state index is 12.3. The van der Waals surface area contributed by atoms with Crippen LogP contribution in [0.25, 0.3) is 0 Å². The number of halogens is 3. The molecule has 1 aromatic rings. The average molecular weight is 273 g/mol. The maximum absolute atomic E-state index is 12.3. The Kier molecular flexibility index (Phi) is 4.04. The third kappa shape index (κ3) is 3.92. The molecule has 7 heteroatoms. The summed E-state index contributed by atoms with van der Waals surface area (Å²) < 4.78 is 36.9. The minimum atomic E-state index is -4.46. The molecule has 1 aliphatic heterocycles. The van der Waals surface area contributed by atoms with Crippen LogP contribution < -0.4 is 10.6 Å². The monoisotopic (exact) mass is 273 g/mol. The maximum Gasteiger partial charge on any atom is 0.433 e. The molecule has 0 bridgehead atoms. The molecule has 104 valence electrons. The van der Waals surface area contributed by atoms with Crippen LogP contribution in [-0.2, 0) is 11.0 Å². The standard InChI is InChI=1S/C12H14F3N3O/c13-12(14,15)10-2-1-9(7-17-10)18-11(19)5-8-3-4-16-6-8/h1-2,7-8,16H,3-6H2,(H,18,19). The van der Waals surface area contributed by atoms with Gasteiger partial charge in [-0.2, -0.15) is 13.2 Å². The lowest BCUT2D eigenvalue weighted by Gasteiger charge is -2.10. The van der Waals surface area contributed by atoms with E-state index in [9.17, 15) is 18.0 Å². The van der Waals surface area contributed by atoms with Crippen LogP contribution >= 0.6 is 0 Å². The lowest BCUT2D eigenvalue weighted by Crippen LogP contribution is -2.18.